The van der Waals surface area contributed by atoms with Crippen molar-refractivity contribution in [2.24, 2.45) is 12.2 Å². The molecule has 1 aliphatic heterocycles. The van der Waals surface area contributed by atoms with Crippen LogP contribution in [0.1, 0.15) is 24.0 Å². The summed E-state index contributed by atoms with van der Waals surface area (Å²) in [5.74, 6) is -0.264. The van der Waals surface area contributed by atoms with Crippen molar-refractivity contribution in [2.75, 3.05) is 6.54 Å². The molecule has 0 unspecified atom stereocenters. The van der Waals surface area contributed by atoms with E-state index >= 15 is 0 Å². The molecule has 1 amide bonds. The first-order valence-electron chi connectivity index (χ1n) is 8.29. The van der Waals surface area contributed by atoms with Crippen LogP contribution in [0.15, 0.2) is 41.8 Å². The van der Waals surface area contributed by atoms with Gasteiger partial charge in [0.1, 0.15) is 11.9 Å². The third kappa shape index (κ3) is 5.14. The lowest BCUT2D eigenvalue weighted by atomic mass is 10.0. The zero-order valence-corrected chi connectivity index (χ0v) is 14.1. The molecule has 132 valence electrons. The van der Waals surface area contributed by atoms with Crippen LogP contribution in [0.5, 0.6) is 0 Å². The third-order valence-corrected chi connectivity index (χ3v) is 4.04. The molecule has 1 aromatic carbocycles. The summed E-state index contributed by atoms with van der Waals surface area (Å²) in [6, 6.07) is 6.36. The zero-order chi connectivity index (χ0) is 17.6. The van der Waals surface area contributed by atoms with Gasteiger partial charge < -0.3 is 10.2 Å². The third-order valence-electron chi connectivity index (χ3n) is 4.04. The summed E-state index contributed by atoms with van der Waals surface area (Å²) in [5, 5.41) is 11.0. The molecule has 2 aromatic rings. The van der Waals surface area contributed by atoms with Gasteiger partial charge in [0.25, 0.3) is 0 Å². The fourth-order valence-corrected chi connectivity index (χ4v) is 2.71. The van der Waals surface area contributed by atoms with Gasteiger partial charge in [-0.25, -0.2) is 4.39 Å². The van der Waals surface area contributed by atoms with Crippen LogP contribution in [0.3, 0.4) is 0 Å². The van der Waals surface area contributed by atoms with Crippen molar-refractivity contribution in [1.82, 2.24) is 15.1 Å². The van der Waals surface area contributed by atoms with Gasteiger partial charge in [-0.1, -0.05) is 17.3 Å². The van der Waals surface area contributed by atoms with Crippen molar-refractivity contribution in [2.45, 2.75) is 31.8 Å². The van der Waals surface area contributed by atoms with Crippen molar-refractivity contribution in [3.63, 3.8) is 0 Å². The predicted octanol–water partition coefficient (Wildman–Crippen LogP) is 2.00. The summed E-state index contributed by atoms with van der Waals surface area (Å²) in [6.45, 7) is 0.433. The summed E-state index contributed by atoms with van der Waals surface area (Å²) in [5.41, 5.74) is 2.94. The number of hydrogen-bond acceptors (Lipinski definition) is 4. The Morgan fingerprint density at radius 2 is 2.16 bits per heavy atom. The van der Waals surface area contributed by atoms with Crippen LogP contribution in [-0.2, 0) is 29.5 Å². The number of hydrogen-bond donors (Lipinski definition) is 1. The Bertz CT molecular complexity index is 755. The molecular weight excluding hydrogens is 323 g/mol. The number of aryl methyl sites for hydroxylation is 2. The average Bonchev–Trinajstić information content (AvgIpc) is 3.22. The van der Waals surface area contributed by atoms with Gasteiger partial charge in [0, 0.05) is 32.5 Å². The maximum Gasteiger partial charge on any atom is 0.220 e. The molecule has 1 aromatic heterocycles. The van der Waals surface area contributed by atoms with Gasteiger partial charge in [-0.2, -0.15) is 5.10 Å². The van der Waals surface area contributed by atoms with Gasteiger partial charge in [0.2, 0.25) is 5.91 Å². The number of aromatic nitrogens is 2. The van der Waals surface area contributed by atoms with E-state index in [1.165, 1.54) is 12.1 Å². The Hall–Kier alpha value is -2.70. The minimum absolute atomic E-state index is 0.0144. The van der Waals surface area contributed by atoms with Crippen LogP contribution >= 0.6 is 0 Å². The van der Waals surface area contributed by atoms with Gasteiger partial charge in [0.15, 0.2) is 0 Å². The second kappa shape index (κ2) is 7.92. The highest BCUT2D eigenvalue weighted by Gasteiger charge is 2.21. The van der Waals surface area contributed by atoms with Crippen molar-refractivity contribution in [1.29, 1.82) is 0 Å². The fourth-order valence-electron chi connectivity index (χ4n) is 2.71. The van der Waals surface area contributed by atoms with Gasteiger partial charge in [-0.05, 0) is 29.7 Å². The molecule has 7 heteroatoms. The summed E-state index contributed by atoms with van der Waals surface area (Å²) >= 11 is 0. The van der Waals surface area contributed by atoms with E-state index in [1.807, 2.05) is 13.2 Å². The lowest BCUT2D eigenvalue weighted by Crippen LogP contribution is -2.32. The van der Waals surface area contributed by atoms with Crippen molar-refractivity contribution < 1.29 is 14.0 Å². The number of carbonyl (C=O) groups excluding carboxylic acids is 1. The quantitative estimate of drug-likeness (QED) is 0.835. The van der Waals surface area contributed by atoms with Crippen LogP contribution in [0.4, 0.5) is 4.39 Å². The molecule has 2 heterocycles. The van der Waals surface area contributed by atoms with Crippen LogP contribution in [-0.4, -0.2) is 34.0 Å². The number of oxime groups is 1. The molecular formula is C18H21FN4O2. The molecule has 0 radical (unpaired) electrons. The SMILES string of the molecule is Cn1cc(CCC(=O)NC[C@H]2CC(Cc3ccc(F)cc3)=NO2)cn1. The second-order valence-electron chi connectivity index (χ2n) is 6.22. The Morgan fingerprint density at radius 3 is 2.88 bits per heavy atom. The molecule has 0 spiro atoms. The van der Waals surface area contributed by atoms with Gasteiger partial charge in [-0.15, -0.1) is 0 Å². The Labute approximate surface area is 145 Å². The Kier molecular flexibility index (Phi) is 5.42. The molecule has 3 rings (SSSR count). The van der Waals surface area contributed by atoms with Crippen molar-refractivity contribution >= 4 is 11.6 Å². The number of amides is 1. The van der Waals surface area contributed by atoms with E-state index < -0.39 is 0 Å². The fraction of sp³-hybridized carbons (Fsp3) is 0.389. The van der Waals surface area contributed by atoms with Crippen molar-refractivity contribution in [3.8, 4) is 0 Å². The van der Waals surface area contributed by atoms with E-state index in [4.69, 9.17) is 4.84 Å². The predicted molar refractivity (Wildman–Crippen MR) is 91.6 cm³/mol. The molecule has 0 bridgehead atoms. The van der Waals surface area contributed by atoms with E-state index in [0.717, 1.165) is 16.8 Å². The van der Waals surface area contributed by atoms with Crippen LogP contribution in [0.2, 0.25) is 0 Å². The summed E-state index contributed by atoms with van der Waals surface area (Å²) in [7, 11) is 1.85. The largest absolute Gasteiger partial charge is 0.390 e. The molecule has 1 aliphatic rings. The van der Waals surface area contributed by atoms with Gasteiger partial charge >= 0.3 is 0 Å². The number of nitrogens with one attached hydrogen (secondary N) is 1. The molecule has 6 nitrogen and oxygen atoms in total. The molecule has 25 heavy (non-hydrogen) atoms. The van der Waals surface area contributed by atoms with E-state index in [0.29, 0.717) is 32.2 Å². The molecule has 0 saturated carbocycles. The summed E-state index contributed by atoms with van der Waals surface area (Å²) in [6.07, 6.45) is 5.91. The number of rotatable bonds is 7. The highest BCUT2D eigenvalue weighted by Crippen LogP contribution is 2.14. The number of carbonyl (C=O) groups is 1. The first kappa shape index (κ1) is 17.1. The average molecular weight is 344 g/mol. The maximum absolute atomic E-state index is 12.9. The lowest BCUT2D eigenvalue weighted by Gasteiger charge is -2.09. The monoisotopic (exact) mass is 344 g/mol. The Morgan fingerprint density at radius 1 is 1.36 bits per heavy atom. The Balaban J connectivity index is 1.36. The molecule has 0 fully saturated rings. The minimum Gasteiger partial charge on any atom is -0.390 e. The zero-order valence-electron chi connectivity index (χ0n) is 14.1. The number of benzene rings is 1. The normalized spacial score (nSPS) is 16.4. The van der Waals surface area contributed by atoms with E-state index in [1.54, 1.807) is 23.0 Å². The number of halogens is 1. The van der Waals surface area contributed by atoms with Crippen LogP contribution in [0, 0.1) is 5.82 Å². The van der Waals surface area contributed by atoms with Crippen molar-refractivity contribution in [3.05, 3.63) is 53.6 Å². The molecule has 1 atom stereocenters. The molecule has 0 aliphatic carbocycles. The summed E-state index contributed by atoms with van der Waals surface area (Å²) in [4.78, 5) is 17.3. The van der Waals surface area contributed by atoms with Crippen LogP contribution in [0.25, 0.3) is 0 Å². The van der Waals surface area contributed by atoms with Gasteiger partial charge in [-0.3, -0.25) is 9.48 Å². The topological polar surface area (TPSA) is 68.5 Å². The van der Waals surface area contributed by atoms with E-state index in [2.05, 4.69) is 15.6 Å². The summed E-state index contributed by atoms with van der Waals surface area (Å²) < 4.78 is 14.6. The number of nitrogens with zero attached hydrogens (tertiary/aromatic N) is 3. The first-order valence-corrected chi connectivity index (χ1v) is 8.29. The standard InChI is InChI=1S/C18H21FN4O2/c1-23-12-14(10-21-23)4-7-18(24)20-11-17-9-16(22-25-17)8-13-2-5-15(19)6-3-13/h2-3,5-6,10,12,17H,4,7-9,11H2,1H3,(H,20,24)/t17-/m1/s1. The van der Waals surface area contributed by atoms with Crippen LogP contribution < -0.4 is 5.32 Å². The highest BCUT2D eigenvalue weighted by atomic mass is 19.1. The lowest BCUT2D eigenvalue weighted by molar-refractivity contribution is -0.121. The molecule has 1 N–H and O–H groups in total. The first-order chi connectivity index (χ1) is 12.1. The second-order valence-corrected chi connectivity index (χ2v) is 6.22. The van der Waals surface area contributed by atoms with E-state index in [9.17, 15) is 9.18 Å². The van der Waals surface area contributed by atoms with E-state index in [-0.39, 0.29) is 17.8 Å². The maximum atomic E-state index is 12.9. The highest BCUT2D eigenvalue weighted by molar-refractivity contribution is 5.87. The van der Waals surface area contributed by atoms with Gasteiger partial charge in [0.05, 0.1) is 18.5 Å². The molecule has 0 saturated heterocycles. The minimum atomic E-state index is -0.250. The smallest absolute Gasteiger partial charge is 0.220 e.